The minimum Gasteiger partial charge on any atom is -0.493 e. The Bertz CT molecular complexity index is 459. The molecule has 5 heteroatoms. The average molecular weight is 265 g/mol. The van der Waals surface area contributed by atoms with E-state index in [1.165, 1.54) is 0 Å². The molecule has 0 spiro atoms. The molecule has 1 aliphatic rings. The maximum Gasteiger partial charge on any atom is 0.204 e. The molecule has 0 radical (unpaired) electrons. The van der Waals surface area contributed by atoms with E-state index in [0.29, 0.717) is 11.4 Å². The number of hydrogen-bond donors (Lipinski definition) is 1. The van der Waals surface area contributed by atoms with Crippen LogP contribution in [-0.4, -0.2) is 28.2 Å². The Hall–Kier alpha value is -1.36. The average Bonchev–Trinajstić information content (AvgIpc) is 2.82. The maximum absolute atomic E-state index is 12.8. The van der Waals surface area contributed by atoms with Gasteiger partial charge in [-0.05, 0) is 26.7 Å². The van der Waals surface area contributed by atoms with Crippen LogP contribution in [0, 0.1) is 0 Å². The van der Waals surface area contributed by atoms with Gasteiger partial charge in [0.25, 0.3) is 0 Å². The second kappa shape index (κ2) is 5.33. The van der Waals surface area contributed by atoms with Crippen molar-refractivity contribution in [2.24, 2.45) is 5.73 Å². The van der Waals surface area contributed by atoms with Crippen LogP contribution in [-0.2, 0) is 0 Å². The predicted octanol–water partition coefficient (Wildman–Crippen LogP) is 2.32. The second-order valence-electron chi connectivity index (χ2n) is 5.65. The zero-order valence-electron chi connectivity index (χ0n) is 12.0. The first-order valence-electron chi connectivity index (χ1n) is 6.95. The van der Waals surface area contributed by atoms with E-state index in [1.54, 1.807) is 18.0 Å². The number of carbonyl (C=O) groups excluding carboxylic acids is 1. The Morgan fingerprint density at radius 2 is 2.05 bits per heavy atom. The molecule has 0 unspecified atom stereocenters. The Morgan fingerprint density at radius 3 is 2.58 bits per heavy atom. The molecule has 0 aromatic carbocycles. The van der Waals surface area contributed by atoms with E-state index in [1.807, 2.05) is 13.8 Å². The standard InChI is InChI=1S/C14H23N3O2/c1-10(2)17-12(11(19-3)9-16-17)13(18)14(15)7-5-4-6-8-14/h9-10H,4-8,15H2,1-3H3. The number of aromatic nitrogens is 2. The van der Waals surface area contributed by atoms with E-state index in [9.17, 15) is 4.79 Å². The monoisotopic (exact) mass is 265 g/mol. The number of rotatable bonds is 4. The molecule has 0 saturated heterocycles. The smallest absolute Gasteiger partial charge is 0.204 e. The number of ether oxygens (including phenoxy) is 1. The van der Waals surface area contributed by atoms with Crippen LogP contribution >= 0.6 is 0 Å². The topological polar surface area (TPSA) is 70.1 Å². The van der Waals surface area contributed by atoms with Gasteiger partial charge in [0.2, 0.25) is 5.78 Å². The van der Waals surface area contributed by atoms with Gasteiger partial charge in [-0.25, -0.2) is 0 Å². The molecule has 1 aromatic rings. The summed E-state index contributed by atoms with van der Waals surface area (Å²) in [6.45, 7) is 3.99. The lowest BCUT2D eigenvalue weighted by Gasteiger charge is -2.32. The summed E-state index contributed by atoms with van der Waals surface area (Å²) in [5.74, 6) is 0.490. The fraction of sp³-hybridized carbons (Fsp3) is 0.714. The van der Waals surface area contributed by atoms with Crippen LogP contribution in [0.15, 0.2) is 6.20 Å². The van der Waals surface area contributed by atoms with Gasteiger partial charge >= 0.3 is 0 Å². The fourth-order valence-corrected chi connectivity index (χ4v) is 2.75. The molecule has 1 heterocycles. The van der Waals surface area contributed by atoms with Crippen molar-refractivity contribution in [3.63, 3.8) is 0 Å². The lowest BCUT2D eigenvalue weighted by molar-refractivity contribution is 0.0831. The second-order valence-corrected chi connectivity index (χ2v) is 5.65. The Balaban J connectivity index is 2.39. The van der Waals surface area contributed by atoms with Crippen molar-refractivity contribution < 1.29 is 9.53 Å². The van der Waals surface area contributed by atoms with Crippen LogP contribution in [0.5, 0.6) is 5.75 Å². The van der Waals surface area contributed by atoms with Gasteiger partial charge in [0.1, 0.15) is 5.69 Å². The molecule has 0 aliphatic heterocycles. The first-order chi connectivity index (χ1) is 8.99. The highest BCUT2D eigenvalue weighted by molar-refractivity contribution is 6.03. The summed E-state index contributed by atoms with van der Waals surface area (Å²) in [6.07, 6.45) is 6.28. The van der Waals surface area contributed by atoms with Gasteiger partial charge in [-0.15, -0.1) is 0 Å². The largest absolute Gasteiger partial charge is 0.493 e. The number of methoxy groups -OCH3 is 1. The van der Waals surface area contributed by atoms with Gasteiger partial charge in [-0.3, -0.25) is 9.48 Å². The number of ketones is 1. The lowest BCUT2D eigenvalue weighted by atomic mass is 9.78. The molecule has 2 N–H and O–H groups in total. The van der Waals surface area contributed by atoms with E-state index in [-0.39, 0.29) is 11.8 Å². The third-order valence-corrected chi connectivity index (χ3v) is 3.88. The van der Waals surface area contributed by atoms with Crippen molar-refractivity contribution in [3.05, 3.63) is 11.9 Å². The quantitative estimate of drug-likeness (QED) is 0.848. The number of nitrogens with zero attached hydrogens (tertiary/aromatic N) is 2. The number of carbonyl (C=O) groups is 1. The summed E-state index contributed by atoms with van der Waals surface area (Å²) >= 11 is 0. The van der Waals surface area contributed by atoms with Crippen LogP contribution in [0.1, 0.15) is 62.5 Å². The molecule has 0 atom stereocenters. The summed E-state index contributed by atoms with van der Waals surface area (Å²) in [5.41, 5.74) is 6.10. The van der Waals surface area contributed by atoms with Gasteiger partial charge < -0.3 is 10.5 Å². The minimum atomic E-state index is -0.752. The lowest BCUT2D eigenvalue weighted by Crippen LogP contribution is -2.50. The fourth-order valence-electron chi connectivity index (χ4n) is 2.75. The summed E-state index contributed by atoms with van der Waals surface area (Å²) in [6, 6.07) is 0.107. The predicted molar refractivity (Wildman–Crippen MR) is 73.5 cm³/mol. The van der Waals surface area contributed by atoms with Crippen molar-refractivity contribution in [2.45, 2.75) is 57.5 Å². The Labute approximate surface area is 114 Å². The summed E-state index contributed by atoms with van der Waals surface area (Å²) in [4.78, 5) is 12.8. The van der Waals surface area contributed by atoms with Crippen molar-refractivity contribution >= 4 is 5.78 Å². The van der Waals surface area contributed by atoms with E-state index in [0.717, 1.165) is 32.1 Å². The van der Waals surface area contributed by atoms with Gasteiger partial charge in [-0.2, -0.15) is 5.10 Å². The highest BCUT2D eigenvalue weighted by Gasteiger charge is 2.39. The molecule has 1 saturated carbocycles. The molecule has 2 rings (SSSR count). The van der Waals surface area contributed by atoms with E-state index in [2.05, 4.69) is 5.10 Å². The van der Waals surface area contributed by atoms with Gasteiger partial charge in [0, 0.05) is 6.04 Å². The molecule has 0 amide bonds. The van der Waals surface area contributed by atoms with E-state index >= 15 is 0 Å². The molecule has 1 aliphatic carbocycles. The summed E-state index contributed by atoms with van der Waals surface area (Å²) in [7, 11) is 1.56. The first kappa shape index (κ1) is 14.1. The van der Waals surface area contributed by atoms with Crippen LogP contribution < -0.4 is 10.5 Å². The van der Waals surface area contributed by atoms with Crippen LogP contribution in [0.2, 0.25) is 0 Å². The van der Waals surface area contributed by atoms with Crippen LogP contribution in [0.25, 0.3) is 0 Å². The zero-order valence-corrected chi connectivity index (χ0v) is 12.0. The molecule has 106 valence electrons. The van der Waals surface area contributed by atoms with Crippen molar-refractivity contribution in [1.29, 1.82) is 0 Å². The number of Topliss-reactive ketones (excluding diaryl/α,β-unsaturated/α-hetero) is 1. The Morgan fingerprint density at radius 1 is 1.42 bits per heavy atom. The molecule has 5 nitrogen and oxygen atoms in total. The molecular formula is C14H23N3O2. The molecule has 1 fully saturated rings. The molecule has 19 heavy (non-hydrogen) atoms. The minimum absolute atomic E-state index is 0.0322. The summed E-state index contributed by atoms with van der Waals surface area (Å²) < 4.78 is 6.99. The third kappa shape index (κ3) is 2.52. The number of hydrogen-bond acceptors (Lipinski definition) is 4. The normalized spacial score (nSPS) is 18.6. The van der Waals surface area contributed by atoms with Crippen molar-refractivity contribution in [3.8, 4) is 5.75 Å². The highest BCUT2D eigenvalue weighted by Crippen LogP contribution is 2.32. The van der Waals surface area contributed by atoms with E-state index < -0.39 is 5.54 Å². The highest BCUT2D eigenvalue weighted by atomic mass is 16.5. The molecule has 0 bridgehead atoms. The van der Waals surface area contributed by atoms with Crippen LogP contribution in [0.3, 0.4) is 0 Å². The molecule has 1 aromatic heterocycles. The third-order valence-electron chi connectivity index (χ3n) is 3.88. The maximum atomic E-state index is 12.8. The zero-order chi connectivity index (χ0) is 14.0. The summed E-state index contributed by atoms with van der Waals surface area (Å²) in [5, 5.41) is 4.25. The Kier molecular flexibility index (Phi) is 3.94. The van der Waals surface area contributed by atoms with Crippen molar-refractivity contribution in [1.82, 2.24) is 9.78 Å². The molecular weight excluding hydrogens is 242 g/mol. The van der Waals surface area contributed by atoms with Crippen molar-refractivity contribution in [2.75, 3.05) is 7.11 Å². The van der Waals surface area contributed by atoms with E-state index in [4.69, 9.17) is 10.5 Å². The van der Waals surface area contributed by atoms with Gasteiger partial charge in [0.15, 0.2) is 5.75 Å². The van der Waals surface area contributed by atoms with Gasteiger partial charge in [-0.1, -0.05) is 19.3 Å². The SMILES string of the molecule is COc1cnn(C(C)C)c1C(=O)C1(N)CCCCC1. The van der Waals surface area contributed by atoms with Gasteiger partial charge in [0.05, 0.1) is 18.8 Å². The number of nitrogens with two attached hydrogens (primary N) is 1. The van der Waals surface area contributed by atoms with Crippen LogP contribution in [0.4, 0.5) is 0 Å². The first-order valence-corrected chi connectivity index (χ1v) is 6.95.